The Morgan fingerprint density at radius 3 is 2.39 bits per heavy atom. The molecule has 9 heteroatoms. The Labute approximate surface area is 137 Å². The number of halogens is 2. The van der Waals surface area contributed by atoms with Crippen molar-refractivity contribution in [1.29, 1.82) is 0 Å². The van der Waals surface area contributed by atoms with Gasteiger partial charge in [-0.1, -0.05) is 11.6 Å². The van der Waals surface area contributed by atoms with Crippen LogP contribution in [0.15, 0.2) is 11.4 Å². The maximum absolute atomic E-state index is 13.6. The molecule has 1 amide bonds. The summed E-state index contributed by atoms with van der Waals surface area (Å²) in [5, 5.41) is 2.57. The van der Waals surface area contributed by atoms with Crippen LogP contribution in [0.1, 0.15) is 37.7 Å². The summed E-state index contributed by atoms with van der Waals surface area (Å²) in [6, 6.07) is 0. The zero-order chi connectivity index (χ0) is 16.7. The molecule has 4 saturated carbocycles. The molecule has 5 rings (SSSR count). The Hall–Kier alpha value is -1.28. The van der Waals surface area contributed by atoms with Gasteiger partial charge in [-0.05, 0) is 12.8 Å². The van der Waals surface area contributed by atoms with Crippen LogP contribution in [-0.4, -0.2) is 41.8 Å². The summed E-state index contributed by atoms with van der Waals surface area (Å²) in [4.78, 5) is 20.3. The molecule has 23 heavy (non-hydrogen) atoms. The summed E-state index contributed by atoms with van der Waals surface area (Å²) in [5.74, 6) is -0.197. The summed E-state index contributed by atoms with van der Waals surface area (Å²) in [5.41, 5.74) is -1.86. The smallest absolute Gasteiger partial charge is 0.248 e. The van der Waals surface area contributed by atoms with Gasteiger partial charge in [0.2, 0.25) is 20.9 Å². The Kier molecular flexibility index (Phi) is 2.80. The minimum Gasteiger partial charge on any atom is -0.350 e. The van der Waals surface area contributed by atoms with Gasteiger partial charge in [-0.3, -0.25) is 4.79 Å². The van der Waals surface area contributed by atoms with Gasteiger partial charge in [0.25, 0.3) is 0 Å². The van der Waals surface area contributed by atoms with Crippen LogP contribution in [-0.2, 0) is 20.0 Å². The normalized spacial score (nSPS) is 33.3. The third-order valence-electron chi connectivity index (χ3n) is 5.10. The highest BCUT2D eigenvalue weighted by molar-refractivity contribution is 7.90. The zero-order valence-electron chi connectivity index (χ0n) is 12.4. The van der Waals surface area contributed by atoms with Gasteiger partial charge in [-0.2, -0.15) is 0 Å². The number of amides is 1. The predicted molar refractivity (Wildman–Crippen MR) is 79.6 cm³/mol. The third kappa shape index (κ3) is 2.18. The van der Waals surface area contributed by atoms with Gasteiger partial charge in [-0.15, -0.1) is 0 Å². The van der Waals surface area contributed by atoms with Crippen LogP contribution in [0.3, 0.4) is 0 Å². The van der Waals surface area contributed by atoms with Crippen LogP contribution >= 0.6 is 11.6 Å². The first-order valence-corrected chi connectivity index (χ1v) is 9.59. The molecule has 1 aromatic heterocycles. The van der Waals surface area contributed by atoms with E-state index < -0.39 is 26.5 Å². The second-order valence-electron chi connectivity index (χ2n) is 7.13. The number of alkyl halides is 1. The van der Waals surface area contributed by atoms with E-state index in [2.05, 4.69) is 15.3 Å². The van der Waals surface area contributed by atoms with Crippen molar-refractivity contribution in [2.45, 2.75) is 53.9 Å². The maximum Gasteiger partial charge on any atom is 0.248 e. The number of nitrogens with one attached hydrogen (secondary N) is 1. The molecular formula is C14H15ClFN3O3S. The lowest BCUT2D eigenvalue weighted by Crippen LogP contribution is -2.77. The van der Waals surface area contributed by atoms with Gasteiger partial charge < -0.3 is 5.32 Å². The molecule has 6 nitrogen and oxygen atoms in total. The monoisotopic (exact) mass is 359 g/mol. The summed E-state index contributed by atoms with van der Waals surface area (Å²) >= 11 is 6.10. The molecule has 0 spiro atoms. The van der Waals surface area contributed by atoms with Gasteiger partial charge in [0, 0.05) is 42.8 Å². The number of nitrogens with zero attached hydrogens (tertiary/aromatic N) is 2. The fraction of sp³-hybridized carbons (Fsp3) is 0.643. The number of carbonyl (C=O) groups is 1. The standard InChI is InChI=1S/C14H15ClFN3O3S/c1-23(21,22)11-17-4-8(9(15)18-11)14(2-3-14)10(20)19-13-5-12(16,6-13)7-13/h4H,2-3,5-7H2,1H3,(H,19,20). The number of hydrogen-bond acceptors (Lipinski definition) is 5. The first kappa shape index (κ1) is 15.3. The van der Waals surface area contributed by atoms with Crippen molar-refractivity contribution in [3.8, 4) is 0 Å². The van der Waals surface area contributed by atoms with Crippen LogP contribution in [0.25, 0.3) is 0 Å². The van der Waals surface area contributed by atoms with E-state index in [0.29, 0.717) is 37.7 Å². The Morgan fingerprint density at radius 2 is 1.96 bits per heavy atom. The average molecular weight is 360 g/mol. The Balaban J connectivity index is 1.58. The minimum absolute atomic E-state index is 0.0207. The summed E-state index contributed by atoms with van der Waals surface area (Å²) < 4.78 is 36.5. The molecule has 0 radical (unpaired) electrons. The molecular weight excluding hydrogens is 345 g/mol. The van der Waals surface area contributed by atoms with Crippen LogP contribution in [0.2, 0.25) is 5.15 Å². The molecule has 4 aliphatic rings. The number of rotatable bonds is 4. The van der Waals surface area contributed by atoms with Gasteiger partial charge in [0.05, 0.1) is 5.41 Å². The highest BCUT2D eigenvalue weighted by Gasteiger charge is 2.71. The molecule has 1 N–H and O–H groups in total. The highest BCUT2D eigenvalue weighted by Crippen LogP contribution is 2.63. The van der Waals surface area contributed by atoms with E-state index in [4.69, 9.17) is 11.6 Å². The molecule has 0 saturated heterocycles. The molecule has 124 valence electrons. The van der Waals surface area contributed by atoms with E-state index in [-0.39, 0.29) is 16.2 Å². The predicted octanol–water partition coefficient (Wildman–Crippen LogP) is 1.33. The largest absolute Gasteiger partial charge is 0.350 e. The third-order valence-corrected chi connectivity index (χ3v) is 6.24. The molecule has 1 aromatic rings. The molecule has 0 aliphatic heterocycles. The van der Waals surface area contributed by atoms with Crippen molar-refractivity contribution < 1.29 is 17.6 Å². The van der Waals surface area contributed by atoms with Gasteiger partial charge in [0.1, 0.15) is 10.8 Å². The van der Waals surface area contributed by atoms with Crippen LogP contribution in [0, 0.1) is 0 Å². The van der Waals surface area contributed by atoms with Gasteiger partial charge >= 0.3 is 0 Å². The van der Waals surface area contributed by atoms with Crippen molar-refractivity contribution in [1.82, 2.24) is 15.3 Å². The first-order valence-electron chi connectivity index (χ1n) is 7.32. The molecule has 4 aliphatic carbocycles. The minimum atomic E-state index is -3.56. The topological polar surface area (TPSA) is 89.0 Å². The lowest BCUT2D eigenvalue weighted by Gasteiger charge is -2.65. The summed E-state index contributed by atoms with van der Waals surface area (Å²) in [6.07, 6.45) is 4.62. The van der Waals surface area contributed by atoms with Crippen molar-refractivity contribution in [3.63, 3.8) is 0 Å². The molecule has 0 unspecified atom stereocenters. The lowest BCUT2D eigenvalue weighted by molar-refractivity contribution is -0.176. The summed E-state index contributed by atoms with van der Waals surface area (Å²) in [7, 11) is -3.56. The van der Waals surface area contributed by atoms with E-state index in [1.165, 1.54) is 6.20 Å². The van der Waals surface area contributed by atoms with E-state index in [1.807, 2.05) is 0 Å². The lowest BCUT2D eigenvalue weighted by atomic mass is 9.47. The van der Waals surface area contributed by atoms with E-state index >= 15 is 0 Å². The number of hydrogen-bond donors (Lipinski definition) is 1. The zero-order valence-corrected chi connectivity index (χ0v) is 14.0. The first-order chi connectivity index (χ1) is 10.6. The number of carbonyl (C=O) groups excluding carboxylic acids is 1. The Morgan fingerprint density at radius 1 is 1.35 bits per heavy atom. The van der Waals surface area contributed by atoms with Crippen LogP contribution < -0.4 is 5.32 Å². The number of aromatic nitrogens is 2. The quantitative estimate of drug-likeness (QED) is 0.647. The van der Waals surface area contributed by atoms with Gasteiger partial charge in [0.15, 0.2) is 0 Å². The molecule has 4 fully saturated rings. The molecule has 0 aromatic carbocycles. The van der Waals surface area contributed by atoms with Crippen LogP contribution in [0.4, 0.5) is 4.39 Å². The SMILES string of the molecule is CS(=O)(=O)c1ncc(C2(C(=O)NC34CC(F)(C3)C4)CC2)c(Cl)n1. The average Bonchev–Trinajstić information content (AvgIpc) is 3.15. The summed E-state index contributed by atoms with van der Waals surface area (Å²) in [6.45, 7) is 0. The Bertz CT molecular complexity index is 818. The van der Waals surface area contributed by atoms with E-state index in [9.17, 15) is 17.6 Å². The van der Waals surface area contributed by atoms with Crippen molar-refractivity contribution in [2.75, 3.05) is 6.26 Å². The second kappa shape index (κ2) is 4.22. The van der Waals surface area contributed by atoms with Crippen LogP contribution in [0.5, 0.6) is 0 Å². The van der Waals surface area contributed by atoms with Crippen molar-refractivity contribution >= 4 is 27.3 Å². The van der Waals surface area contributed by atoms with Crippen molar-refractivity contribution in [3.05, 3.63) is 16.9 Å². The van der Waals surface area contributed by atoms with E-state index in [1.54, 1.807) is 0 Å². The van der Waals surface area contributed by atoms with Gasteiger partial charge in [-0.25, -0.2) is 22.8 Å². The molecule has 2 bridgehead atoms. The molecule has 0 atom stereocenters. The fourth-order valence-corrected chi connectivity index (χ4v) is 4.61. The fourth-order valence-electron chi connectivity index (χ4n) is 3.75. The number of sulfone groups is 1. The van der Waals surface area contributed by atoms with Crippen molar-refractivity contribution in [2.24, 2.45) is 0 Å². The highest BCUT2D eigenvalue weighted by atomic mass is 35.5. The maximum atomic E-state index is 13.6. The second-order valence-corrected chi connectivity index (χ2v) is 9.39. The van der Waals surface area contributed by atoms with E-state index in [0.717, 1.165) is 6.26 Å². The molecule has 1 heterocycles.